The number of carbonyl (C=O) groups is 3. The third kappa shape index (κ3) is 16.3. The average Bonchev–Trinajstić information content (AvgIpc) is 3.25. The fraction of sp³-hybridized carbons (Fsp3) is 0.549. The Kier molecular flexibility index (Phi) is 23.3. The quantitative estimate of drug-likeness (QED) is 0.0350. The van der Waals surface area contributed by atoms with E-state index >= 15 is 0 Å². The molecule has 0 saturated carbocycles. The Morgan fingerprint density at radius 3 is 1.48 bits per heavy atom. The standard InChI is InChI=1S/C28H59N3O.C23H16O6/c1-5-8-9-10-11-12-13-14-15-16-17-18-19-23-28(32)31(26-21-24-29)27(4)22-20-25-30(6-2)7-3;24-20-16(14-7-3-1-5-12(14)9-18(20)22(26)27)11-17-15-8-4-2-6-13(15)10-19(21(17)25)23(28)29/h27H,5-26,29H2,1-4H3;1-10,24-25H,11H2,(H,26,27)(H,28,29). The number of benzene rings is 4. The molecule has 4 aromatic rings. The summed E-state index contributed by atoms with van der Waals surface area (Å²) in [6, 6.07) is 17.1. The second-order valence-corrected chi connectivity index (χ2v) is 16.5. The van der Waals surface area contributed by atoms with Gasteiger partial charge in [0.05, 0.1) is 0 Å². The van der Waals surface area contributed by atoms with Gasteiger partial charge in [0.25, 0.3) is 0 Å². The molecular formula is C51H75N3O7. The maximum absolute atomic E-state index is 12.9. The summed E-state index contributed by atoms with van der Waals surface area (Å²) in [6.45, 7) is 13.8. The van der Waals surface area contributed by atoms with Crippen LogP contribution in [0.25, 0.3) is 21.5 Å². The van der Waals surface area contributed by atoms with Crippen LogP contribution in [0.15, 0.2) is 60.7 Å². The SMILES string of the molecule is CCCCCCCCCCCCCCCC(=O)N(CCCN)C(C)CCCN(CC)CC.O=C(O)c1cc2ccccc2c(Cc2c(O)c(C(=O)O)cc3ccccc23)c1O. The predicted molar refractivity (Wildman–Crippen MR) is 250 cm³/mol. The molecule has 4 aromatic carbocycles. The van der Waals surface area contributed by atoms with Gasteiger partial charge >= 0.3 is 11.9 Å². The first-order valence-corrected chi connectivity index (χ1v) is 23.1. The third-order valence-electron chi connectivity index (χ3n) is 12.0. The molecule has 6 N–H and O–H groups in total. The smallest absolute Gasteiger partial charge is 0.339 e. The molecule has 0 heterocycles. The van der Waals surface area contributed by atoms with Crippen molar-refractivity contribution in [3.8, 4) is 11.5 Å². The van der Waals surface area contributed by atoms with Gasteiger partial charge in [-0.2, -0.15) is 0 Å². The molecular weight excluding hydrogens is 767 g/mol. The zero-order valence-corrected chi connectivity index (χ0v) is 37.6. The molecule has 0 radical (unpaired) electrons. The number of carboxylic acids is 2. The molecule has 1 unspecified atom stereocenters. The van der Waals surface area contributed by atoms with Gasteiger partial charge in [-0.3, -0.25) is 4.79 Å². The van der Waals surface area contributed by atoms with Crippen molar-refractivity contribution in [3.05, 3.63) is 82.9 Å². The van der Waals surface area contributed by atoms with Crippen molar-refractivity contribution in [1.29, 1.82) is 0 Å². The molecule has 0 fully saturated rings. The summed E-state index contributed by atoms with van der Waals surface area (Å²) in [4.78, 5) is 40.7. The van der Waals surface area contributed by atoms with Gasteiger partial charge in [0.15, 0.2) is 0 Å². The number of unbranched alkanes of at least 4 members (excludes halogenated alkanes) is 12. The molecule has 336 valence electrons. The van der Waals surface area contributed by atoms with Crippen molar-refractivity contribution in [2.45, 2.75) is 149 Å². The van der Waals surface area contributed by atoms with Crippen LogP contribution in [0.3, 0.4) is 0 Å². The van der Waals surface area contributed by atoms with E-state index in [0.29, 0.717) is 57.6 Å². The Bertz CT molecular complexity index is 1840. The van der Waals surface area contributed by atoms with E-state index in [1.54, 1.807) is 48.5 Å². The molecule has 1 amide bonds. The molecule has 0 bridgehead atoms. The highest BCUT2D eigenvalue weighted by atomic mass is 16.4. The van der Waals surface area contributed by atoms with Crippen LogP contribution < -0.4 is 5.73 Å². The lowest BCUT2D eigenvalue weighted by Gasteiger charge is -2.30. The van der Waals surface area contributed by atoms with Gasteiger partial charge in [0, 0.05) is 36.6 Å². The first-order valence-electron chi connectivity index (χ1n) is 23.1. The Balaban J connectivity index is 0.000000326. The molecule has 0 saturated heterocycles. The summed E-state index contributed by atoms with van der Waals surface area (Å²) >= 11 is 0. The summed E-state index contributed by atoms with van der Waals surface area (Å²) in [6.07, 6.45) is 21.3. The van der Waals surface area contributed by atoms with Gasteiger partial charge in [0.1, 0.15) is 22.6 Å². The van der Waals surface area contributed by atoms with Crippen molar-refractivity contribution in [3.63, 3.8) is 0 Å². The number of aromatic hydroxyl groups is 2. The molecule has 10 heteroatoms. The van der Waals surface area contributed by atoms with Gasteiger partial charge < -0.3 is 36.0 Å². The molecule has 0 spiro atoms. The van der Waals surface area contributed by atoms with E-state index in [1.807, 2.05) is 0 Å². The van der Waals surface area contributed by atoms with E-state index in [4.69, 9.17) is 5.73 Å². The Labute approximate surface area is 365 Å². The first kappa shape index (κ1) is 50.7. The molecule has 10 nitrogen and oxygen atoms in total. The summed E-state index contributed by atoms with van der Waals surface area (Å²) < 4.78 is 0. The lowest BCUT2D eigenvalue weighted by Crippen LogP contribution is -2.40. The molecule has 1 atom stereocenters. The second-order valence-electron chi connectivity index (χ2n) is 16.5. The van der Waals surface area contributed by atoms with Gasteiger partial charge in [-0.25, -0.2) is 9.59 Å². The monoisotopic (exact) mass is 842 g/mol. The van der Waals surface area contributed by atoms with Crippen molar-refractivity contribution < 1.29 is 34.8 Å². The number of hydrogen-bond donors (Lipinski definition) is 5. The average molecular weight is 842 g/mol. The van der Waals surface area contributed by atoms with Crippen molar-refractivity contribution >= 4 is 39.4 Å². The number of amides is 1. The highest BCUT2D eigenvalue weighted by Gasteiger charge is 2.23. The summed E-state index contributed by atoms with van der Waals surface area (Å²) in [7, 11) is 0. The molecule has 0 aromatic heterocycles. The third-order valence-corrected chi connectivity index (χ3v) is 12.0. The van der Waals surface area contributed by atoms with Crippen LogP contribution in [0.1, 0.15) is 169 Å². The fourth-order valence-electron chi connectivity index (χ4n) is 8.28. The Morgan fingerprint density at radius 2 is 1.05 bits per heavy atom. The van der Waals surface area contributed by atoms with E-state index in [9.17, 15) is 34.8 Å². The number of fused-ring (bicyclic) bond motifs is 2. The van der Waals surface area contributed by atoms with Crippen LogP contribution in [0.2, 0.25) is 0 Å². The number of rotatable bonds is 28. The number of phenols is 2. The first-order chi connectivity index (χ1) is 29.5. The number of aromatic carboxylic acids is 2. The van der Waals surface area contributed by atoms with Crippen LogP contribution in [0.5, 0.6) is 11.5 Å². The Morgan fingerprint density at radius 1 is 0.607 bits per heavy atom. The lowest BCUT2D eigenvalue weighted by atomic mass is 9.90. The predicted octanol–water partition coefficient (Wildman–Crippen LogP) is 11.5. The maximum atomic E-state index is 12.9. The maximum Gasteiger partial charge on any atom is 0.339 e. The minimum atomic E-state index is -1.28. The van der Waals surface area contributed by atoms with Crippen LogP contribution in [0.4, 0.5) is 0 Å². The summed E-state index contributed by atoms with van der Waals surface area (Å²) in [5.41, 5.74) is 5.85. The van der Waals surface area contributed by atoms with Crippen molar-refractivity contribution in [2.75, 3.05) is 32.7 Å². The van der Waals surface area contributed by atoms with Gasteiger partial charge in [-0.05, 0) is 92.5 Å². The zero-order valence-electron chi connectivity index (χ0n) is 37.6. The second kappa shape index (κ2) is 28.0. The fourth-order valence-corrected chi connectivity index (χ4v) is 8.28. The largest absolute Gasteiger partial charge is 0.507 e. The van der Waals surface area contributed by atoms with E-state index in [0.717, 1.165) is 51.9 Å². The van der Waals surface area contributed by atoms with Gasteiger partial charge in [-0.1, -0.05) is 146 Å². The Hall–Kier alpha value is -4.67. The van der Waals surface area contributed by atoms with Crippen LogP contribution in [-0.4, -0.2) is 86.8 Å². The van der Waals surface area contributed by atoms with E-state index in [1.165, 1.54) is 89.2 Å². The molecule has 4 rings (SSSR count). The molecule has 0 aliphatic heterocycles. The minimum absolute atomic E-state index is 0.0407. The number of hydrogen-bond acceptors (Lipinski definition) is 7. The van der Waals surface area contributed by atoms with Crippen molar-refractivity contribution in [2.24, 2.45) is 5.73 Å². The summed E-state index contributed by atoms with van der Waals surface area (Å²) in [5, 5.41) is 42.8. The molecule has 61 heavy (non-hydrogen) atoms. The van der Waals surface area contributed by atoms with Gasteiger partial charge in [0.2, 0.25) is 5.91 Å². The highest BCUT2D eigenvalue weighted by Crippen LogP contribution is 2.38. The van der Waals surface area contributed by atoms with Crippen LogP contribution in [0, 0.1) is 0 Å². The van der Waals surface area contributed by atoms with Crippen LogP contribution >= 0.6 is 0 Å². The van der Waals surface area contributed by atoms with E-state index in [-0.39, 0.29) is 17.5 Å². The van der Waals surface area contributed by atoms with E-state index in [2.05, 4.69) is 37.5 Å². The lowest BCUT2D eigenvalue weighted by molar-refractivity contribution is -0.133. The number of nitrogens with zero attached hydrogens (tertiary/aromatic N) is 2. The van der Waals surface area contributed by atoms with Crippen LogP contribution in [-0.2, 0) is 11.2 Å². The number of nitrogens with two attached hydrogens (primary N) is 1. The topological polar surface area (TPSA) is 165 Å². The zero-order chi connectivity index (χ0) is 44.6. The molecule has 0 aliphatic carbocycles. The van der Waals surface area contributed by atoms with Gasteiger partial charge in [-0.15, -0.1) is 0 Å². The minimum Gasteiger partial charge on any atom is -0.507 e. The molecule has 0 aliphatic rings. The van der Waals surface area contributed by atoms with E-state index < -0.39 is 23.4 Å². The normalized spacial score (nSPS) is 11.8. The highest BCUT2D eigenvalue weighted by molar-refractivity contribution is 6.02. The number of carboxylic acid groups (broad SMARTS) is 2. The number of carbonyl (C=O) groups excluding carboxylic acids is 1. The van der Waals surface area contributed by atoms with Crippen molar-refractivity contribution in [1.82, 2.24) is 9.80 Å². The summed E-state index contributed by atoms with van der Waals surface area (Å²) in [5.74, 6) is -3.01.